The summed E-state index contributed by atoms with van der Waals surface area (Å²) >= 11 is 12.0. The Bertz CT molecular complexity index is 428. The van der Waals surface area contributed by atoms with Crippen LogP contribution in [0.3, 0.4) is 0 Å². The highest BCUT2D eigenvalue weighted by molar-refractivity contribution is 6.42. The van der Waals surface area contributed by atoms with Gasteiger partial charge in [0.15, 0.2) is 0 Å². The van der Waals surface area contributed by atoms with Gasteiger partial charge < -0.3 is 10.8 Å². The van der Waals surface area contributed by atoms with E-state index in [9.17, 15) is 5.11 Å². The molecule has 0 heterocycles. The number of halogens is 2. The second-order valence-corrected chi connectivity index (χ2v) is 6.50. The summed E-state index contributed by atoms with van der Waals surface area (Å²) in [7, 11) is 0. The van der Waals surface area contributed by atoms with Crippen molar-refractivity contribution < 1.29 is 5.11 Å². The van der Waals surface area contributed by atoms with Gasteiger partial charge in [-0.25, -0.2) is 0 Å². The third kappa shape index (κ3) is 3.85. The van der Waals surface area contributed by atoms with Gasteiger partial charge in [-0.15, -0.1) is 0 Å². The molecule has 1 fully saturated rings. The lowest BCUT2D eigenvalue weighted by atomic mass is 9.70. The minimum atomic E-state index is -0.135. The van der Waals surface area contributed by atoms with E-state index in [1.165, 1.54) is 5.56 Å². The molecule has 0 bridgehead atoms. The lowest BCUT2D eigenvalue weighted by Crippen LogP contribution is -2.36. The van der Waals surface area contributed by atoms with Crippen molar-refractivity contribution in [3.8, 4) is 0 Å². The number of hydrogen-bond donors (Lipinski definition) is 2. The molecule has 0 aromatic heterocycles. The molecule has 0 amide bonds. The van der Waals surface area contributed by atoms with Gasteiger partial charge >= 0.3 is 0 Å². The predicted molar refractivity (Wildman–Crippen MR) is 80.7 cm³/mol. The average Bonchev–Trinajstić information content (AvgIpc) is 2.42. The van der Waals surface area contributed by atoms with Gasteiger partial charge in [-0.05, 0) is 68.2 Å². The number of nitrogens with two attached hydrogens (primary N) is 1. The van der Waals surface area contributed by atoms with E-state index in [2.05, 4.69) is 0 Å². The van der Waals surface area contributed by atoms with Crippen LogP contribution in [0.15, 0.2) is 18.2 Å². The Balaban J connectivity index is 1.97. The molecule has 0 saturated heterocycles. The molecule has 4 heteroatoms. The standard InChI is InChI=1S/C15H21Cl2NO/c16-13-2-1-11(9-14(13)17)3-6-15(10-18)7-4-12(19)5-8-15/h1-2,9,12,19H,3-8,10,18H2. The van der Waals surface area contributed by atoms with Gasteiger partial charge in [0.05, 0.1) is 16.1 Å². The van der Waals surface area contributed by atoms with Crippen LogP contribution in [0.1, 0.15) is 37.7 Å². The quantitative estimate of drug-likeness (QED) is 0.888. The Morgan fingerprint density at radius 3 is 2.47 bits per heavy atom. The molecule has 106 valence electrons. The number of rotatable bonds is 4. The zero-order chi connectivity index (χ0) is 13.9. The van der Waals surface area contributed by atoms with Crippen LogP contribution in [-0.2, 0) is 6.42 Å². The molecule has 2 rings (SSSR count). The van der Waals surface area contributed by atoms with Crippen LogP contribution in [0.25, 0.3) is 0 Å². The van der Waals surface area contributed by atoms with Crippen LogP contribution in [0.2, 0.25) is 10.0 Å². The summed E-state index contributed by atoms with van der Waals surface area (Å²) in [6, 6.07) is 5.81. The smallest absolute Gasteiger partial charge is 0.0595 e. The number of aliphatic hydroxyl groups is 1. The Morgan fingerprint density at radius 1 is 1.21 bits per heavy atom. The highest BCUT2D eigenvalue weighted by Gasteiger charge is 2.33. The number of benzene rings is 1. The second kappa shape index (κ2) is 6.45. The maximum absolute atomic E-state index is 9.62. The number of hydrogen-bond acceptors (Lipinski definition) is 2. The van der Waals surface area contributed by atoms with Gasteiger partial charge in [-0.1, -0.05) is 29.3 Å². The van der Waals surface area contributed by atoms with E-state index in [4.69, 9.17) is 28.9 Å². The van der Waals surface area contributed by atoms with E-state index in [-0.39, 0.29) is 11.5 Å². The van der Waals surface area contributed by atoms with Gasteiger partial charge in [0.1, 0.15) is 0 Å². The van der Waals surface area contributed by atoms with E-state index >= 15 is 0 Å². The van der Waals surface area contributed by atoms with Gasteiger partial charge in [0, 0.05) is 0 Å². The zero-order valence-electron chi connectivity index (χ0n) is 11.0. The Morgan fingerprint density at radius 2 is 1.89 bits per heavy atom. The van der Waals surface area contributed by atoms with Crippen molar-refractivity contribution in [2.45, 2.75) is 44.6 Å². The third-order valence-corrected chi connectivity index (χ3v) is 5.12. The summed E-state index contributed by atoms with van der Waals surface area (Å²) in [6.45, 7) is 0.695. The maximum atomic E-state index is 9.62. The Labute approximate surface area is 124 Å². The van der Waals surface area contributed by atoms with E-state index in [1.807, 2.05) is 18.2 Å². The second-order valence-electron chi connectivity index (χ2n) is 5.68. The first-order chi connectivity index (χ1) is 9.04. The van der Waals surface area contributed by atoms with Crippen molar-refractivity contribution >= 4 is 23.2 Å². The highest BCUT2D eigenvalue weighted by atomic mass is 35.5. The molecule has 2 nitrogen and oxygen atoms in total. The molecule has 19 heavy (non-hydrogen) atoms. The fraction of sp³-hybridized carbons (Fsp3) is 0.600. The molecule has 0 unspecified atom stereocenters. The van der Waals surface area contributed by atoms with Crippen molar-refractivity contribution in [1.29, 1.82) is 0 Å². The monoisotopic (exact) mass is 301 g/mol. The summed E-state index contributed by atoms with van der Waals surface area (Å²) in [4.78, 5) is 0. The summed E-state index contributed by atoms with van der Waals surface area (Å²) in [5.74, 6) is 0. The van der Waals surface area contributed by atoms with Crippen LogP contribution in [-0.4, -0.2) is 17.8 Å². The van der Waals surface area contributed by atoms with Crippen molar-refractivity contribution in [2.24, 2.45) is 11.1 Å². The lowest BCUT2D eigenvalue weighted by molar-refractivity contribution is 0.0620. The van der Waals surface area contributed by atoms with Crippen molar-refractivity contribution in [2.75, 3.05) is 6.54 Å². The van der Waals surface area contributed by atoms with Crippen molar-refractivity contribution in [3.05, 3.63) is 33.8 Å². The van der Waals surface area contributed by atoms with Crippen LogP contribution in [0.5, 0.6) is 0 Å². The average molecular weight is 302 g/mol. The van der Waals surface area contributed by atoms with Crippen LogP contribution in [0, 0.1) is 5.41 Å². The molecule has 1 aliphatic rings. The Kier molecular flexibility index (Phi) is 5.13. The lowest BCUT2D eigenvalue weighted by Gasteiger charge is -2.38. The van der Waals surface area contributed by atoms with Crippen LogP contribution in [0.4, 0.5) is 0 Å². The minimum absolute atomic E-state index is 0.135. The van der Waals surface area contributed by atoms with Crippen LogP contribution < -0.4 is 5.73 Å². The van der Waals surface area contributed by atoms with Crippen molar-refractivity contribution in [1.82, 2.24) is 0 Å². The molecule has 1 aromatic rings. The first-order valence-corrected chi connectivity index (χ1v) is 7.62. The van der Waals surface area contributed by atoms with Gasteiger partial charge in [-0.3, -0.25) is 0 Å². The number of aryl methyl sites for hydroxylation is 1. The highest BCUT2D eigenvalue weighted by Crippen LogP contribution is 2.39. The molecule has 3 N–H and O–H groups in total. The van der Waals surface area contributed by atoms with E-state index in [1.54, 1.807) is 0 Å². The summed E-state index contributed by atoms with van der Waals surface area (Å²) in [5, 5.41) is 10.8. The molecular formula is C15H21Cl2NO. The molecule has 1 aromatic carbocycles. The third-order valence-electron chi connectivity index (χ3n) is 4.38. The van der Waals surface area contributed by atoms with Gasteiger partial charge in [0.2, 0.25) is 0 Å². The first-order valence-electron chi connectivity index (χ1n) is 6.87. The molecule has 0 atom stereocenters. The van der Waals surface area contributed by atoms with Gasteiger partial charge in [0.25, 0.3) is 0 Å². The zero-order valence-corrected chi connectivity index (χ0v) is 12.6. The molecule has 0 aliphatic heterocycles. The molecule has 1 aliphatic carbocycles. The molecule has 0 spiro atoms. The van der Waals surface area contributed by atoms with E-state index < -0.39 is 0 Å². The fourth-order valence-corrected chi connectivity index (χ4v) is 3.20. The normalized spacial score (nSPS) is 27.5. The fourth-order valence-electron chi connectivity index (χ4n) is 2.88. The minimum Gasteiger partial charge on any atom is -0.393 e. The summed E-state index contributed by atoms with van der Waals surface area (Å²) in [6.07, 6.45) is 5.66. The largest absolute Gasteiger partial charge is 0.393 e. The SMILES string of the molecule is NCC1(CCc2ccc(Cl)c(Cl)c2)CCC(O)CC1. The first kappa shape index (κ1) is 15.1. The molecular weight excluding hydrogens is 281 g/mol. The Hall–Kier alpha value is -0.280. The predicted octanol–water partition coefficient (Wildman–Crippen LogP) is 3.81. The van der Waals surface area contributed by atoms with E-state index in [0.29, 0.717) is 16.6 Å². The topological polar surface area (TPSA) is 46.2 Å². The summed E-state index contributed by atoms with van der Waals surface area (Å²) < 4.78 is 0. The maximum Gasteiger partial charge on any atom is 0.0595 e. The molecule has 1 saturated carbocycles. The van der Waals surface area contributed by atoms with Gasteiger partial charge in [-0.2, -0.15) is 0 Å². The number of aliphatic hydroxyl groups excluding tert-OH is 1. The van der Waals surface area contributed by atoms with E-state index in [0.717, 1.165) is 38.5 Å². The van der Waals surface area contributed by atoms with Crippen molar-refractivity contribution in [3.63, 3.8) is 0 Å². The summed E-state index contributed by atoms with van der Waals surface area (Å²) in [5.41, 5.74) is 7.36. The molecule has 0 radical (unpaired) electrons. The van der Waals surface area contributed by atoms with Crippen LogP contribution >= 0.6 is 23.2 Å².